The molecule has 0 spiro atoms. The third-order valence-electron chi connectivity index (χ3n) is 5.18. The van der Waals surface area contributed by atoms with E-state index in [1.807, 2.05) is 23.9 Å². The van der Waals surface area contributed by atoms with E-state index >= 15 is 0 Å². The fraction of sp³-hybridized carbons (Fsp3) is 0.529. The van der Waals surface area contributed by atoms with Crippen LogP contribution in [0.15, 0.2) is 18.2 Å². The minimum atomic E-state index is -0.796. The van der Waals surface area contributed by atoms with Gasteiger partial charge in [-0.2, -0.15) is 5.10 Å². The van der Waals surface area contributed by atoms with Crippen molar-refractivity contribution >= 4 is 22.9 Å². The van der Waals surface area contributed by atoms with E-state index in [0.29, 0.717) is 12.8 Å². The zero-order valence-corrected chi connectivity index (χ0v) is 13.6. The first-order chi connectivity index (χ1) is 11.6. The second-order valence-corrected chi connectivity index (χ2v) is 6.82. The number of piperidine rings is 1. The van der Waals surface area contributed by atoms with Crippen LogP contribution in [0, 0.1) is 5.92 Å². The maximum Gasteiger partial charge on any atom is 0.126 e. The number of nitrogens with one attached hydrogen (secondary N) is 1. The lowest BCUT2D eigenvalue weighted by Gasteiger charge is -2.38. The normalized spacial score (nSPS) is 28.1. The summed E-state index contributed by atoms with van der Waals surface area (Å²) in [6.45, 7) is 1.53. The molecule has 24 heavy (non-hydrogen) atoms. The third kappa shape index (κ3) is 2.49. The molecule has 4 rings (SSSR count). The number of nitrogens with zero attached hydrogens (tertiary/aromatic N) is 3. The van der Waals surface area contributed by atoms with Gasteiger partial charge in [0.15, 0.2) is 0 Å². The maximum atomic E-state index is 10.8. The van der Waals surface area contributed by atoms with Gasteiger partial charge >= 0.3 is 0 Å². The van der Waals surface area contributed by atoms with Crippen LogP contribution in [0.4, 0.5) is 5.69 Å². The van der Waals surface area contributed by atoms with Gasteiger partial charge in [0.2, 0.25) is 0 Å². The highest BCUT2D eigenvalue weighted by Crippen LogP contribution is 2.35. The van der Waals surface area contributed by atoms with Gasteiger partial charge in [-0.1, -0.05) is 0 Å². The van der Waals surface area contributed by atoms with Crippen LogP contribution in [0.2, 0.25) is 0 Å². The molecule has 2 fully saturated rings. The molecule has 1 aromatic carbocycles. The number of benzene rings is 1. The summed E-state index contributed by atoms with van der Waals surface area (Å²) >= 11 is 0. The van der Waals surface area contributed by atoms with Gasteiger partial charge in [-0.15, -0.1) is 0 Å². The van der Waals surface area contributed by atoms with Crippen molar-refractivity contribution < 1.29 is 15.0 Å². The van der Waals surface area contributed by atoms with Gasteiger partial charge in [0.25, 0.3) is 0 Å². The lowest BCUT2D eigenvalue weighted by molar-refractivity contribution is -0.111. The highest BCUT2D eigenvalue weighted by Gasteiger charge is 2.32. The topological polar surface area (TPSA) is 90.6 Å². The molecule has 2 aliphatic rings. The second kappa shape index (κ2) is 5.84. The number of aryl methyl sites for hydroxylation is 1. The molecule has 1 aromatic heterocycles. The van der Waals surface area contributed by atoms with Crippen LogP contribution in [-0.4, -0.2) is 51.8 Å². The number of aliphatic hydroxyl groups is 2. The summed E-state index contributed by atoms with van der Waals surface area (Å²) in [7, 11) is 1.90. The number of anilines is 1. The van der Waals surface area contributed by atoms with Gasteiger partial charge in [0.05, 0.1) is 11.2 Å². The Balaban J connectivity index is 1.65. The standard InChI is InChI=1S/C17H22N4O3/c1-20-14-6-11(21-7-10(8-21)9-22)2-3-12(14)16(19-20)13-4-5-15(23)18-17(13)24/h2-3,6,9-10,13,15,17-18,23-24H,4-5,7-8H2,1H3. The molecule has 2 aromatic rings. The minimum absolute atomic E-state index is 0.133. The summed E-state index contributed by atoms with van der Waals surface area (Å²) in [4.78, 5) is 13.0. The zero-order valence-electron chi connectivity index (χ0n) is 13.6. The average molecular weight is 330 g/mol. The number of aliphatic hydroxyl groups excluding tert-OH is 2. The van der Waals surface area contributed by atoms with Gasteiger partial charge in [0, 0.05) is 43.0 Å². The maximum absolute atomic E-state index is 10.8. The SMILES string of the molecule is Cn1nc(C2CCC(O)NC2O)c2ccc(N3CC(C=O)C3)cc21. The molecule has 3 atom stereocenters. The Labute approximate surface area is 139 Å². The van der Waals surface area contributed by atoms with Crippen LogP contribution in [0.1, 0.15) is 24.5 Å². The molecular weight excluding hydrogens is 308 g/mol. The number of hydrogen-bond donors (Lipinski definition) is 3. The van der Waals surface area contributed by atoms with Crippen molar-refractivity contribution in [3.8, 4) is 0 Å². The van der Waals surface area contributed by atoms with Gasteiger partial charge in [-0.25, -0.2) is 0 Å². The number of rotatable bonds is 3. The quantitative estimate of drug-likeness (QED) is 0.702. The van der Waals surface area contributed by atoms with Gasteiger partial charge in [0.1, 0.15) is 18.7 Å². The Morgan fingerprint density at radius 3 is 2.79 bits per heavy atom. The van der Waals surface area contributed by atoms with E-state index in [9.17, 15) is 15.0 Å². The van der Waals surface area contributed by atoms with E-state index in [1.54, 1.807) is 0 Å². The van der Waals surface area contributed by atoms with Crippen LogP contribution in [0.25, 0.3) is 10.9 Å². The number of carbonyl (C=O) groups excluding carboxylic acids is 1. The zero-order chi connectivity index (χ0) is 16.8. The smallest absolute Gasteiger partial charge is 0.126 e. The van der Waals surface area contributed by atoms with Crippen LogP contribution < -0.4 is 10.2 Å². The fourth-order valence-electron chi connectivity index (χ4n) is 3.73. The van der Waals surface area contributed by atoms with Crippen molar-refractivity contribution in [1.82, 2.24) is 15.1 Å². The van der Waals surface area contributed by atoms with E-state index in [-0.39, 0.29) is 11.8 Å². The fourth-order valence-corrected chi connectivity index (χ4v) is 3.73. The first kappa shape index (κ1) is 15.6. The monoisotopic (exact) mass is 330 g/mol. The molecule has 7 heteroatoms. The van der Waals surface area contributed by atoms with E-state index in [4.69, 9.17) is 0 Å². The number of carbonyl (C=O) groups is 1. The Bertz CT molecular complexity index is 769. The first-order valence-electron chi connectivity index (χ1n) is 8.36. The molecule has 3 N–H and O–H groups in total. The largest absolute Gasteiger partial charge is 0.379 e. The van der Waals surface area contributed by atoms with Crippen molar-refractivity contribution in [3.63, 3.8) is 0 Å². The lowest BCUT2D eigenvalue weighted by Crippen LogP contribution is -2.47. The third-order valence-corrected chi connectivity index (χ3v) is 5.18. The molecule has 0 aliphatic carbocycles. The summed E-state index contributed by atoms with van der Waals surface area (Å²) < 4.78 is 1.84. The minimum Gasteiger partial charge on any atom is -0.379 e. The number of aromatic nitrogens is 2. The van der Waals surface area contributed by atoms with Crippen LogP contribution >= 0.6 is 0 Å². The highest BCUT2D eigenvalue weighted by molar-refractivity contribution is 5.86. The second-order valence-electron chi connectivity index (χ2n) is 6.82. The summed E-state index contributed by atoms with van der Waals surface area (Å²) in [5, 5.41) is 28.3. The molecule has 2 aliphatic heterocycles. The molecule has 7 nitrogen and oxygen atoms in total. The molecular formula is C17H22N4O3. The average Bonchev–Trinajstić information content (AvgIpc) is 2.83. The molecule has 128 valence electrons. The van der Waals surface area contributed by atoms with Crippen molar-refractivity contribution in [3.05, 3.63) is 23.9 Å². The predicted octanol–water partition coefficient (Wildman–Crippen LogP) is 0.312. The highest BCUT2D eigenvalue weighted by atomic mass is 16.3. The summed E-state index contributed by atoms with van der Waals surface area (Å²) in [6, 6.07) is 6.18. The Kier molecular flexibility index (Phi) is 3.79. The van der Waals surface area contributed by atoms with Crippen LogP contribution in [0.3, 0.4) is 0 Å². The van der Waals surface area contributed by atoms with Gasteiger partial charge < -0.3 is 19.9 Å². The van der Waals surface area contributed by atoms with E-state index in [2.05, 4.69) is 21.4 Å². The number of fused-ring (bicyclic) bond motifs is 1. The predicted molar refractivity (Wildman–Crippen MR) is 89.6 cm³/mol. The summed E-state index contributed by atoms with van der Waals surface area (Å²) in [6.07, 6.45) is 0.850. The van der Waals surface area contributed by atoms with Crippen molar-refractivity contribution in [2.75, 3.05) is 18.0 Å². The van der Waals surface area contributed by atoms with E-state index < -0.39 is 12.5 Å². The van der Waals surface area contributed by atoms with Crippen molar-refractivity contribution in [1.29, 1.82) is 0 Å². The van der Waals surface area contributed by atoms with Crippen LogP contribution in [0.5, 0.6) is 0 Å². The number of hydrogen-bond acceptors (Lipinski definition) is 6. The Morgan fingerprint density at radius 1 is 1.29 bits per heavy atom. The van der Waals surface area contributed by atoms with E-state index in [1.165, 1.54) is 0 Å². The first-order valence-corrected chi connectivity index (χ1v) is 8.36. The summed E-state index contributed by atoms with van der Waals surface area (Å²) in [5.41, 5.74) is 2.96. The Morgan fingerprint density at radius 2 is 2.08 bits per heavy atom. The molecule has 2 saturated heterocycles. The number of aldehydes is 1. The molecule has 3 heterocycles. The molecule has 0 radical (unpaired) electrons. The van der Waals surface area contributed by atoms with Gasteiger partial charge in [-0.3, -0.25) is 10.00 Å². The van der Waals surface area contributed by atoms with Crippen LogP contribution in [-0.2, 0) is 11.8 Å². The van der Waals surface area contributed by atoms with Crippen molar-refractivity contribution in [2.45, 2.75) is 31.2 Å². The Hall–Kier alpha value is -1.96. The molecule has 0 amide bonds. The lowest BCUT2D eigenvalue weighted by atomic mass is 9.91. The molecule has 0 saturated carbocycles. The molecule has 0 bridgehead atoms. The summed E-state index contributed by atoms with van der Waals surface area (Å²) in [5.74, 6) is 0.00378. The van der Waals surface area contributed by atoms with Gasteiger partial charge in [-0.05, 0) is 31.0 Å². The van der Waals surface area contributed by atoms with Crippen molar-refractivity contribution in [2.24, 2.45) is 13.0 Å². The van der Waals surface area contributed by atoms with E-state index in [0.717, 1.165) is 41.7 Å². The molecule has 3 unspecified atom stereocenters.